The van der Waals surface area contributed by atoms with Crippen LogP contribution in [-0.2, 0) is 6.61 Å². The maximum atomic E-state index is 14.8. The highest BCUT2D eigenvalue weighted by Gasteiger charge is 2.27. The Morgan fingerprint density at radius 3 is 2.53 bits per heavy atom. The Kier molecular flexibility index (Phi) is 6.93. The van der Waals surface area contributed by atoms with Gasteiger partial charge in [-0.3, -0.25) is 0 Å². The second kappa shape index (κ2) is 10.1. The van der Waals surface area contributed by atoms with Gasteiger partial charge in [0.15, 0.2) is 0 Å². The fraction of sp³-hybridized carbons (Fsp3) is 0.310. The third kappa shape index (κ3) is 4.34. The molecule has 1 unspecified atom stereocenters. The van der Waals surface area contributed by atoms with Crippen molar-refractivity contribution in [3.63, 3.8) is 0 Å². The summed E-state index contributed by atoms with van der Waals surface area (Å²) in [6.07, 6.45) is 0. The number of nitrogens with zero attached hydrogens (tertiary/aromatic N) is 3. The molecule has 0 spiro atoms. The van der Waals surface area contributed by atoms with Crippen LogP contribution >= 0.6 is 11.6 Å². The van der Waals surface area contributed by atoms with Gasteiger partial charge in [0.1, 0.15) is 11.6 Å². The molecule has 1 fully saturated rings. The number of piperazine rings is 1. The molecule has 0 aliphatic carbocycles. The maximum Gasteiger partial charge on any atom is 0.138 e. The second-order valence-corrected chi connectivity index (χ2v) is 10.0. The van der Waals surface area contributed by atoms with Crippen molar-refractivity contribution in [2.75, 3.05) is 24.5 Å². The summed E-state index contributed by atoms with van der Waals surface area (Å²) >= 11 is 6.77. The first-order valence-electron chi connectivity index (χ1n) is 12.4. The molecule has 36 heavy (non-hydrogen) atoms. The van der Waals surface area contributed by atoms with Gasteiger partial charge in [0, 0.05) is 42.2 Å². The van der Waals surface area contributed by atoms with Crippen molar-refractivity contribution in [1.82, 2.24) is 15.3 Å². The van der Waals surface area contributed by atoms with E-state index in [4.69, 9.17) is 21.6 Å². The Morgan fingerprint density at radius 1 is 1.11 bits per heavy atom. The summed E-state index contributed by atoms with van der Waals surface area (Å²) in [5.74, 6) is 0.597. The largest absolute Gasteiger partial charge is 0.390 e. The lowest BCUT2D eigenvalue weighted by molar-refractivity contribution is 0.277. The van der Waals surface area contributed by atoms with Gasteiger partial charge in [-0.15, -0.1) is 0 Å². The van der Waals surface area contributed by atoms with Crippen LogP contribution in [0, 0.1) is 5.82 Å². The van der Waals surface area contributed by atoms with Gasteiger partial charge in [0.2, 0.25) is 0 Å². The number of aliphatic hydroxyl groups is 1. The van der Waals surface area contributed by atoms with Crippen LogP contribution in [0.25, 0.3) is 33.3 Å². The molecular weight excluding hydrogens is 475 g/mol. The zero-order valence-electron chi connectivity index (χ0n) is 20.7. The summed E-state index contributed by atoms with van der Waals surface area (Å²) in [5, 5.41) is 15.1. The van der Waals surface area contributed by atoms with E-state index in [-0.39, 0.29) is 24.4 Å². The van der Waals surface area contributed by atoms with Crippen molar-refractivity contribution < 1.29 is 9.50 Å². The molecule has 4 aromatic rings. The minimum Gasteiger partial charge on any atom is -0.390 e. The van der Waals surface area contributed by atoms with Crippen LogP contribution < -0.4 is 10.2 Å². The van der Waals surface area contributed by atoms with E-state index in [2.05, 4.69) is 37.1 Å². The molecule has 2 aromatic heterocycles. The van der Waals surface area contributed by atoms with E-state index in [1.54, 1.807) is 18.2 Å². The van der Waals surface area contributed by atoms with Gasteiger partial charge in [-0.1, -0.05) is 61.8 Å². The molecule has 5 rings (SSSR count). The Balaban J connectivity index is 1.89. The molecule has 0 radical (unpaired) electrons. The van der Waals surface area contributed by atoms with Crippen LogP contribution in [-0.4, -0.2) is 40.8 Å². The van der Waals surface area contributed by atoms with Gasteiger partial charge in [0.05, 0.1) is 28.5 Å². The van der Waals surface area contributed by atoms with Crippen LogP contribution in [0.15, 0.2) is 54.6 Å². The molecule has 2 N–H and O–H groups in total. The highest BCUT2D eigenvalue weighted by Crippen LogP contribution is 2.42. The monoisotopic (exact) mass is 504 g/mol. The zero-order valence-corrected chi connectivity index (χ0v) is 21.5. The van der Waals surface area contributed by atoms with Crippen LogP contribution in [0.3, 0.4) is 0 Å². The normalized spacial score (nSPS) is 16.2. The van der Waals surface area contributed by atoms with Gasteiger partial charge in [-0.05, 0) is 42.2 Å². The van der Waals surface area contributed by atoms with Gasteiger partial charge in [-0.2, -0.15) is 0 Å². The third-order valence-electron chi connectivity index (χ3n) is 6.89. The highest BCUT2D eigenvalue weighted by molar-refractivity contribution is 6.34. The summed E-state index contributed by atoms with van der Waals surface area (Å²) < 4.78 is 14.8. The van der Waals surface area contributed by atoms with E-state index in [0.717, 1.165) is 47.5 Å². The minimum absolute atomic E-state index is 0.194. The number of benzene rings is 2. The fourth-order valence-electron chi connectivity index (χ4n) is 5.07. The number of pyridine rings is 2. The highest BCUT2D eigenvalue weighted by atomic mass is 35.5. The number of aliphatic hydroxyl groups excluding tert-OH is 1. The lowest BCUT2D eigenvalue weighted by atomic mass is 9.90. The summed E-state index contributed by atoms with van der Waals surface area (Å²) in [6, 6.07) is 16.7. The van der Waals surface area contributed by atoms with Gasteiger partial charge >= 0.3 is 0 Å². The van der Waals surface area contributed by atoms with Crippen molar-refractivity contribution in [3.8, 4) is 22.4 Å². The molecule has 2 aromatic carbocycles. The smallest absolute Gasteiger partial charge is 0.138 e. The predicted molar refractivity (Wildman–Crippen MR) is 145 cm³/mol. The van der Waals surface area contributed by atoms with E-state index < -0.39 is 0 Å². The number of anilines is 1. The van der Waals surface area contributed by atoms with E-state index in [1.165, 1.54) is 6.07 Å². The number of aromatic nitrogens is 2. The number of hydrogen-bond donors (Lipinski definition) is 2. The number of nitrogens with one attached hydrogen (secondary N) is 1. The first-order chi connectivity index (χ1) is 17.4. The topological polar surface area (TPSA) is 61.3 Å². The summed E-state index contributed by atoms with van der Waals surface area (Å²) in [6.45, 7) is 8.59. The molecule has 7 heteroatoms. The maximum absolute atomic E-state index is 14.8. The average Bonchev–Trinajstić information content (AvgIpc) is 2.88. The Bertz CT molecular complexity index is 1420. The van der Waals surface area contributed by atoms with E-state index in [9.17, 15) is 9.50 Å². The van der Waals surface area contributed by atoms with Crippen molar-refractivity contribution in [2.45, 2.75) is 39.3 Å². The van der Waals surface area contributed by atoms with Gasteiger partial charge < -0.3 is 15.3 Å². The fourth-order valence-corrected chi connectivity index (χ4v) is 5.33. The van der Waals surface area contributed by atoms with Crippen molar-refractivity contribution >= 4 is 28.3 Å². The molecule has 0 amide bonds. The molecule has 1 atom stereocenters. The molecule has 186 valence electrons. The average molecular weight is 505 g/mol. The van der Waals surface area contributed by atoms with E-state index in [0.29, 0.717) is 27.5 Å². The lowest BCUT2D eigenvalue weighted by Crippen LogP contribution is -2.50. The molecule has 1 aliphatic rings. The molecule has 0 bridgehead atoms. The standard InChI is InChI=1S/C29H30ClFN4O/c1-17(2)19-8-4-5-9-20(19)26-25(16-36)33-29(35-13-12-32-15-18(35)3)22-14-23(30)27(34-28(22)26)21-10-6-7-11-24(21)31/h4-11,14,17-18,32,36H,12-13,15-16H2,1-3H3. The number of hydrogen-bond acceptors (Lipinski definition) is 5. The van der Waals surface area contributed by atoms with Crippen molar-refractivity contribution in [1.29, 1.82) is 0 Å². The number of rotatable bonds is 5. The van der Waals surface area contributed by atoms with Crippen molar-refractivity contribution in [3.05, 3.63) is 76.7 Å². The van der Waals surface area contributed by atoms with E-state index >= 15 is 0 Å². The molecule has 1 saturated heterocycles. The molecule has 1 aliphatic heterocycles. The lowest BCUT2D eigenvalue weighted by Gasteiger charge is -2.36. The zero-order chi connectivity index (χ0) is 25.4. The molecule has 5 nitrogen and oxygen atoms in total. The Morgan fingerprint density at radius 2 is 1.83 bits per heavy atom. The summed E-state index contributed by atoms with van der Waals surface area (Å²) in [5.41, 5.74) is 4.77. The molecule has 3 heterocycles. The quantitative estimate of drug-likeness (QED) is 0.340. The van der Waals surface area contributed by atoms with Crippen molar-refractivity contribution in [2.24, 2.45) is 0 Å². The van der Waals surface area contributed by atoms with Crippen LogP contribution in [0.2, 0.25) is 5.02 Å². The predicted octanol–water partition coefficient (Wildman–Crippen LogP) is 6.17. The number of fused-ring (bicyclic) bond motifs is 1. The molecule has 0 saturated carbocycles. The van der Waals surface area contributed by atoms with E-state index in [1.807, 2.05) is 24.3 Å². The second-order valence-electron chi connectivity index (χ2n) is 9.60. The first-order valence-corrected chi connectivity index (χ1v) is 12.7. The Hall–Kier alpha value is -3.06. The van der Waals surface area contributed by atoms with Crippen LogP contribution in [0.1, 0.15) is 37.9 Å². The first kappa shape index (κ1) is 24.6. The summed E-state index contributed by atoms with van der Waals surface area (Å²) in [7, 11) is 0. The Labute approximate surface area is 216 Å². The third-order valence-corrected chi connectivity index (χ3v) is 7.18. The van der Waals surface area contributed by atoms with Gasteiger partial charge in [-0.25, -0.2) is 14.4 Å². The van der Waals surface area contributed by atoms with Crippen LogP contribution in [0.5, 0.6) is 0 Å². The minimum atomic E-state index is -0.386. The van der Waals surface area contributed by atoms with Gasteiger partial charge in [0.25, 0.3) is 0 Å². The molecular formula is C29H30ClFN4O. The SMILES string of the molecule is CC(C)c1ccccc1-c1c(CO)nc(N2CCNCC2C)c2cc(Cl)c(-c3ccccc3F)nc12. The van der Waals surface area contributed by atoms with Crippen LogP contribution in [0.4, 0.5) is 10.2 Å². The summed E-state index contributed by atoms with van der Waals surface area (Å²) in [4.78, 5) is 12.2. The number of halogens is 2.